The summed E-state index contributed by atoms with van der Waals surface area (Å²) < 4.78 is 0. The fraction of sp³-hybridized carbons (Fsp3) is 0.833. The number of carbonyl (C=O) groups is 2. The Kier molecular flexibility index (Phi) is 7.66. The summed E-state index contributed by atoms with van der Waals surface area (Å²) in [7, 11) is 0. The van der Waals surface area contributed by atoms with Crippen LogP contribution in [0.2, 0.25) is 0 Å². The third-order valence-electron chi connectivity index (χ3n) is 3.04. The fourth-order valence-electron chi connectivity index (χ4n) is 2.05. The minimum Gasteiger partial charge on any atom is -0.480 e. The van der Waals surface area contributed by atoms with Crippen molar-refractivity contribution in [2.75, 3.05) is 51.3 Å². The minimum atomic E-state index is -0.810. The van der Waals surface area contributed by atoms with Gasteiger partial charge in [-0.2, -0.15) is 11.8 Å². The average molecular weight is 289 g/mol. The molecule has 0 bridgehead atoms. The summed E-state index contributed by atoms with van der Waals surface area (Å²) in [5, 5.41) is 11.7. The SMILES string of the molecule is CSCCCNC(=O)N1CCCN(CC(=O)O)CC1. The third kappa shape index (κ3) is 6.68. The highest BCUT2D eigenvalue weighted by Crippen LogP contribution is 2.03. The molecule has 0 aromatic heterocycles. The van der Waals surface area contributed by atoms with Gasteiger partial charge in [-0.3, -0.25) is 9.69 Å². The summed E-state index contributed by atoms with van der Waals surface area (Å²) in [5.74, 6) is 0.238. The van der Waals surface area contributed by atoms with Crippen molar-refractivity contribution in [2.45, 2.75) is 12.8 Å². The van der Waals surface area contributed by atoms with E-state index in [4.69, 9.17) is 5.11 Å². The van der Waals surface area contributed by atoms with Crippen LogP contribution in [0.5, 0.6) is 0 Å². The lowest BCUT2D eigenvalue weighted by Gasteiger charge is -2.21. The predicted molar refractivity (Wildman–Crippen MR) is 76.7 cm³/mol. The molecule has 0 unspecified atom stereocenters. The molecule has 1 aliphatic heterocycles. The Bertz CT molecular complexity index is 302. The fourth-order valence-corrected chi connectivity index (χ4v) is 2.48. The van der Waals surface area contributed by atoms with E-state index in [9.17, 15) is 9.59 Å². The van der Waals surface area contributed by atoms with Crippen LogP contribution >= 0.6 is 11.8 Å². The van der Waals surface area contributed by atoms with Gasteiger partial charge in [-0.15, -0.1) is 0 Å². The first-order chi connectivity index (χ1) is 9.13. The van der Waals surface area contributed by atoms with Gasteiger partial charge in [-0.05, 0) is 24.9 Å². The first-order valence-electron chi connectivity index (χ1n) is 6.59. The van der Waals surface area contributed by atoms with Gasteiger partial charge in [0.05, 0.1) is 6.54 Å². The minimum absolute atomic E-state index is 0.0294. The maximum Gasteiger partial charge on any atom is 0.317 e. The monoisotopic (exact) mass is 289 g/mol. The second kappa shape index (κ2) is 9.03. The second-order valence-electron chi connectivity index (χ2n) is 4.59. The van der Waals surface area contributed by atoms with E-state index in [1.54, 1.807) is 16.7 Å². The summed E-state index contributed by atoms with van der Waals surface area (Å²) in [5.41, 5.74) is 0. The Labute approximate surface area is 118 Å². The zero-order valence-corrected chi connectivity index (χ0v) is 12.2. The van der Waals surface area contributed by atoms with Gasteiger partial charge in [0.1, 0.15) is 0 Å². The van der Waals surface area contributed by atoms with Crippen LogP contribution in [0.1, 0.15) is 12.8 Å². The largest absolute Gasteiger partial charge is 0.480 e. The summed E-state index contributed by atoms with van der Waals surface area (Å²) >= 11 is 1.77. The van der Waals surface area contributed by atoms with E-state index in [-0.39, 0.29) is 12.6 Å². The molecule has 0 saturated carbocycles. The molecule has 1 aliphatic rings. The van der Waals surface area contributed by atoms with Gasteiger partial charge in [-0.1, -0.05) is 0 Å². The lowest BCUT2D eigenvalue weighted by atomic mass is 10.4. The number of hydrogen-bond donors (Lipinski definition) is 2. The van der Waals surface area contributed by atoms with Crippen LogP contribution in [0.25, 0.3) is 0 Å². The highest BCUT2D eigenvalue weighted by atomic mass is 32.2. The van der Waals surface area contributed by atoms with E-state index in [1.807, 2.05) is 11.2 Å². The average Bonchev–Trinajstić information content (AvgIpc) is 2.59. The first-order valence-corrected chi connectivity index (χ1v) is 7.98. The van der Waals surface area contributed by atoms with Crippen molar-refractivity contribution in [2.24, 2.45) is 0 Å². The van der Waals surface area contributed by atoms with Crippen molar-refractivity contribution in [3.8, 4) is 0 Å². The number of aliphatic carboxylic acids is 1. The number of nitrogens with one attached hydrogen (secondary N) is 1. The number of rotatable bonds is 6. The molecular weight excluding hydrogens is 266 g/mol. The van der Waals surface area contributed by atoms with Crippen molar-refractivity contribution in [1.82, 2.24) is 15.1 Å². The van der Waals surface area contributed by atoms with E-state index < -0.39 is 5.97 Å². The summed E-state index contributed by atoms with van der Waals surface area (Å²) in [6, 6.07) is -0.0294. The van der Waals surface area contributed by atoms with Crippen LogP contribution in [0.3, 0.4) is 0 Å². The summed E-state index contributed by atoms with van der Waals surface area (Å²) in [6.07, 6.45) is 3.85. The van der Waals surface area contributed by atoms with Crippen LogP contribution in [-0.2, 0) is 4.79 Å². The van der Waals surface area contributed by atoms with E-state index in [1.165, 1.54) is 0 Å². The zero-order valence-electron chi connectivity index (χ0n) is 11.4. The Morgan fingerprint density at radius 1 is 1.26 bits per heavy atom. The molecule has 1 saturated heterocycles. The lowest BCUT2D eigenvalue weighted by Crippen LogP contribution is -2.42. The van der Waals surface area contributed by atoms with Gasteiger partial charge in [0.2, 0.25) is 0 Å². The van der Waals surface area contributed by atoms with E-state index in [0.29, 0.717) is 26.2 Å². The normalized spacial score (nSPS) is 17.0. The maximum absolute atomic E-state index is 11.9. The van der Waals surface area contributed by atoms with E-state index in [2.05, 4.69) is 5.32 Å². The van der Waals surface area contributed by atoms with E-state index >= 15 is 0 Å². The van der Waals surface area contributed by atoms with Gasteiger partial charge in [0.15, 0.2) is 0 Å². The van der Waals surface area contributed by atoms with Crippen molar-refractivity contribution < 1.29 is 14.7 Å². The van der Waals surface area contributed by atoms with Gasteiger partial charge < -0.3 is 15.3 Å². The number of hydrogen-bond acceptors (Lipinski definition) is 4. The molecule has 0 radical (unpaired) electrons. The molecule has 1 fully saturated rings. The summed E-state index contributed by atoms with van der Waals surface area (Å²) in [6.45, 7) is 3.43. The molecule has 7 heteroatoms. The molecule has 1 heterocycles. The molecule has 0 atom stereocenters. The first kappa shape index (κ1) is 16.1. The number of thioether (sulfide) groups is 1. The smallest absolute Gasteiger partial charge is 0.317 e. The molecule has 0 spiro atoms. The summed E-state index contributed by atoms with van der Waals surface area (Å²) in [4.78, 5) is 26.2. The van der Waals surface area contributed by atoms with Gasteiger partial charge in [-0.25, -0.2) is 4.79 Å². The molecular formula is C12H23N3O3S. The van der Waals surface area contributed by atoms with Crippen molar-refractivity contribution >= 4 is 23.8 Å². The van der Waals surface area contributed by atoms with Crippen molar-refractivity contribution in [3.05, 3.63) is 0 Å². The second-order valence-corrected chi connectivity index (χ2v) is 5.57. The third-order valence-corrected chi connectivity index (χ3v) is 3.73. The molecule has 6 nitrogen and oxygen atoms in total. The van der Waals surface area contributed by atoms with Crippen molar-refractivity contribution in [3.63, 3.8) is 0 Å². The molecule has 2 amide bonds. The highest BCUT2D eigenvalue weighted by Gasteiger charge is 2.19. The topological polar surface area (TPSA) is 72.9 Å². The Balaban J connectivity index is 2.27. The van der Waals surface area contributed by atoms with E-state index in [0.717, 1.165) is 25.1 Å². The number of amides is 2. The van der Waals surface area contributed by atoms with Crippen LogP contribution in [-0.4, -0.2) is 78.2 Å². The molecule has 19 heavy (non-hydrogen) atoms. The van der Waals surface area contributed by atoms with Gasteiger partial charge in [0, 0.05) is 32.7 Å². The van der Waals surface area contributed by atoms with Crippen LogP contribution < -0.4 is 5.32 Å². The van der Waals surface area contributed by atoms with Crippen molar-refractivity contribution in [1.29, 1.82) is 0 Å². The highest BCUT2D eigenvalue weighted by molar-refractivity contribution is 7.98. The number of carbonyl (C=O) groups excluding carboxylic acids is 1. The molecule has 0 aliphatic carbocycles. The standard InChI is InChI=1S/C12H23N3O3S/c1-19-9-2-4-13-12(18)15-6-3-5-14(7-8-15)10-11(16)17/h2-10H2,1H3,(H,13,18)(H,16,17). The maximum atomic E-state index is 11.9. The number of carboxylic acid groups (broad SMARTS) is 1. The molecule has 110 valence electrons. The van der Waals surface area contributed by atoms with Crippen LogP contribution in [0, 0.1) is 0 Å². The predicted octanol–water partition coefficient (Wildman–Crippen LogP) is 0.541. The quantitative estimate of drug-likeness (QED) is 0.698. The Hall–Kier alpha value is -0.950. The Morgan fingerprint density at radius 2 is 2.05 bits per heavy atom. The molecule has 0 aromatic rings. The van der Waals surface area contributed by atoms with Gasteiger partial charge in [0.25, 0.3) is 0 Å². The van der Waals surface area contributed by atoms with Crippen LogP contribution in [0.4, 0.5) is 4.79 Å². The number of nitrogens with zero attached hydrogens (tertiary/aromatic N) is 2. The van der Waals surface area contributed by atoms with Gasteiger partial charge >= 0.3 is 12.0 Å². The molecule has 1 rings (SSSR count). The van der Waals surface area contributed by atoms with Crippen LogP contribution in [0.15, 0.2) is 0 Å². The number of urea groups is 1. The molecule has 2 N–H and O–H groups in total. The lowest BCUT2D eigenvalue weighted by molar-refractivity contribution is -0.138. The molecule has 0 aromatic carbocycles. The Morgan fingerprint density at radius 3 is 2.74 bits per heavy atom. The number of carboxylic acids is 1. The zero-order chi connectivity index (χ0) is 14.1.